The van der Waals surface area contributed by atoms with Gasteiger partial charge in [0.1, 0.15) is 0 Å². The summed E-state index contributed by atoms with van der Waals surface area (Å²) in [5.74, 6) is 0. The quantitative estimate of drug-likeness (QED) is 0.856. The Morgan fingerprint density at radius 3 is 2.87 bits per heavy atom. The van der Waals surface area contributed by atoms with Crippen LogP contribution in [0.5, 0.6) is 0 Å². The van der Waals surface area contributed by atoms with E-state index in [1.165, 1.54) is 4.88 Å². The van der Waals surface area contributed by atoms with Crippen LogP contribution in [0, 0.1) is 13.8 Å². The van der Waals surface area contributed by atoms with E-state index < -0.39 is 0 Å². The molecular weight excluding hydrogens is 208 g/mol. The monoisotopic (exact) mass is 226 g/mol. The average molecular weight is 226 g/mol. The molecule has 1 saturated heterocycles. The van der Waals surface area contributed by atoms with Crippen molar-refractivity contribution in [3.05, 3.63) is 15.6 Å². The average Bonchev–Trinajstić information content (AvgIpc) is 2.71. The second kappa shape index (κ2) is 4.20. The first-order chi connectivity index (χ1) is 7.09. The van der Waals surface area contributed by atoms with Gasteiger partial charge in [-0.15, -0.1) is 11.3 Å². The molecule has 4 heteroatoms. The highest BCUT2D eigenvalue weighted by molar-refractivity contribution is 7.11. The maximum atomic E-state index is 5.41. The predicted molar refractivity (Wildman–Crippen MR) is 62.3 cm³/mol. The van der Waals surface area contributed by atoms with Gasteiger partial charge in [0.15, 0.2) is 0 Å². The third-order valence-electron chi connectivity index (χ3n) is 2.89. The topological polar surface area (TPSA) is 34.2 Å². The van der Waals surface area contributed by atoms with E-state index in [0.717, 1.165) is 36.9 Å². The molecule has 1 aromatic heterocycles. The van der Waals surface area contributed by atoms with Crippen LogP contribution in [0.4, 0.5) is 0 Å². The van der Waals surface area contributed by atoms with Gasteiger partial charge in [-0.25, -0.2) is 4.98 Å². The van der Waals surface area contributed by atoms with Crippen molar-refractivity contribution >= 4 is 11.3 Å². The first kappa shape index (κ1) is 11.0. The number of rotatable bonds is 3. The lowest BCUT2D eigenvalue weighted by atomic mass is 10.0. The van der Waals surface area contributed by atoms with E-state index in [4.69, 9.17) is 4.74 Å². The van der Waals surface area contributed by atoms with E-state index in [-0.39, 0.29) is 5.54 Å². The number of ether oxygens (including phenoxy) is 1. The van der Waals surface area contributed by atoms with Gasteiger partial charge >= 0.3 is 0 Å². The summed E-state index contributed by atoms with van der Waals surface area (Å²) >= 11 is 1.78. The molecule has 0 amide bonds. The van der Waals surface area contributed by atoms with Crippen molar-refractivity contribution in [1.82, 2.24) is 10.3 Å². The maximum absolute atomic E-state index is 5.41. The van der Waals surface area contributed by atoms with Crippen molar-refractivity contribution in [2.24, 2.45) is 0 Å². The summed E-state index contributed by atoms with van der Waals surface area (Å²) in [6.45, 7) is 8.98. The van der Waals surface area contributed by atoms with Crippen LogP contribution in [0.3, 0.4) is 0 Å². The van der Waals surface area contributed by atoms with E-state index in [9.17, 15) is 0 Å². The molecule has 1 aromatic rings. The minimum atomic E-state index is 0.157. The molecule has 0 radical (unpaired) electrons. The van der Waals surface area contributed by atoms with Crippen molar-refractivity contribution in [3.8, 4) is 0 Å². The zero-order valence-electron chi connectivity index (χ0n) is 9.59. The molecule has 1 aliphatic heterocycles. The summed E-state index contributed by atoms with van der Waals surface area (Å²) in [5, 5.41) is 4.72. The highest BCUT2D eigenvalue weighted by atomic mass is 32.1. The second-order valence-electron chi connectivity index (χ2n) is 4.46. The van der Waals surface area contributed by atoms with Gasteiger partial charge in [0.25, 0.3) is 0 Å². The SMILES string of the molecule is Cc1nc(C)c(CNC2(C)CCOC2)s1. The van der Waals surface area contributed by atoms with E-state index >= 15 is 0 Å². The first-order valence-corrected chi connectivity index (χ1v) is 6.16. The van der Waals surface area contributed by atoms with Crippen LogP contribution >= 0.6 is 11.3 Å². The third-order valence-corrected chi connectivity index (χ3v) is 3.97. The number of nitrogens with zero attached hydrogens (tertiary/aromatic N) is 1. The summed E-state index contributed by atoms with van der Waals surface area (Å²) < 4.78 is 5.41. The Bertz CT molecular complexity index is 342. The molecule has 0 bridgehead atoms. The standard InChI is InChI=1S/C11H18N2OS/c1-8-10(15-9(2)13-8)6-12-11(3)4-5-14-7-11/h12H,4-7H2,1-3H3. The van der Waals surface area contributed by atoms with Gasteiger partial charge in [-0.3, -0.25) is 0 Å². The van der Waals surface area contributed by atoms with Crippen molar-refractivity contribution in [2.75, 3.05) is 13.2 Å². The van der Waals surface area contributed by atoms with Crippen molar-refractivity contribution in [2.45, 2.75) is 39.3 Å². The summed E-state index contributed by atoms with van der Waals surface area (Å²) in [5.41, 5.74) is 1.32. The Morgan fingerprint density at radius 1 is 1.53 bits per heavy atom. The predicted octanol–water partition coefficient (Wildman–Crippen LogP) is 2.03. The Kier molecular flexibility index (Phi) is 3.09. The van der Waals surface area contributed by atoms with Crippen LogP contribution in [0.2, 0.25) is 0 Å². The lowest BCUT2D eigenvalue weighted by molar-refractivity contribution is 0.171. The normalized spacial score (nSPS) is 26.1. The number of nitrogens with one attached hydrogen (secondary N) is 1. The molecule has 0 aromatic carbocycles. The summed E-state index contributed by atoms with van der Waals surface area (Å²) in [7, 11) is 0. The summed E-state index contributed by atoms with van der Waals surface area (Å²) in [4.78, 5) is 5.77. The Balaban J connectivity index is 1.95. The first-order valence-electron chi connectivity index (χ1n) is 5.35. The lowest BCUT2D eigenvalue weighted by Gasteiger charge is -2.23. The Morgan fingerprint density at radius 2 is 2.33 bits per heavy atom. The molecule has 2 rings (SSSR count). The molecule has 15 heavy (non-hydrogen) atoms. The number of aryl methyl sites for hydroxylation is 2. The van der Waals surface area contributed by atoms with Crippen molar-refractivity contribution in [1.29, 1.82) is 0 Å². The highest BCUT2D eigenvalue weighted by Crippen LogP contribution is 2.21. The molecule has 0 saturated carbocycles. The molecule has 0 aliphatic carbocycles. The van der Waals surface area contributed by atoms with Crippen molar-refractivity contribution < 1.29 is 4.74 Å². The van der Waals surface area contributed by atoms with Crippen molar-refractivity contribution in [3.63, 3.8) is 0 Å². The van der Waals surface area contributed by atoms with Gasteiger partial charge in [0.2, 0.25) is 0 Å². The molecule has 0 spiro atoms. The minimum Gasteiger partial charge on any atom is -0.379 e. The fourth-order valence-corrected chi connectivity index (χ4v) is 2.71. The molecule has 2 heterocycles. The van der Waals surface area contributed by atoms with E-state index in [2.05, 4.69) is 31.1 Å². The Labute approximate surface area is 94.9 Å². The highest BCUT2D eigenvalue weighted by Gasteiger charge is 2.29. The fourth-order valence-electron chi connectivity index (χ4n) is 1.84. The summed E-state index contributed by atoms with van der Waals surface area (Å²) in [6.07, 6.45) is 1.10. The van der Waals surface area contributed by atoms with Gasteiger partial charge in [-0.05, 0) is 27.2 Å². The number of thiazole rings is 1. The van der Waals surface area contributed by atoms with Crippen LogP contribution in [-0.4, -0.2) is 23.7 Å². The molecule has 1 aliphatic rings. The van der Waals surface area contributed by atoms with Crippen LogP contribution in [0.25, 0.3) is 0 Å². The Hall–Kier alpha value is -0.450. The van der Waals surface area contributed by atoms with Crippen LogP contribution in [-0.2, 0) is 11.3 Å². The van der Waals surface area contributed by atoms with Crippen LogP contribution in [0.1, 0.15) is 28.9 Å². The van der Waals surface area contributed by atoms with Gasteiger partial charge < -0.3 is 10.1 Å². The van der Waals surface area contributed by atoms with Crippen LogP contribution in [0.15, 0.2) is 0 Å². The fraction of sp³-hybridized carbons (Fsp3) is 0.727. The van der Waals surface area contributed by atoms with E-state index in [1.807, 2.05) is 0 Å². The third kappa shape index (κ3) is 2.56. The molecule has 1 N–H and O–H groups in total. The molecule has 1 fully saturated rings. The van der Waals surface area contributed by atoms with E-state index in [0.29, 0.717) is 0 Å². The molecular formula is C11H18N2OS. The smallest absolute Gasteiger partial charge is 0.0900 e. The van der Waals surface area contributed by atoms with Gasteiger partial charge in [0, 0.05) is 23.6 Å². The maximum Gasteiger partial charge on any atom is 0.0900 e. The number of hydrogen-bond acceptors (Lipinski definition) is 4. The second-order valence-corrected chi connectivity index (χ2v) is 5.75. The molecule has 1 atom stereocenters. The number of aromatic nitrogens is 1. The summed E-state index contributed by atoms with van der Waals surface area (Å²) in [6, 6.07) is 0. The van der Waals surface area contributed by atoms with Gasteiger partial charge in [0.05, 0.1) is 17.3 Å². The van der Waals surface area contributed by atoms with E-state index in [1.54, 1.807) is 11.3 Å². The zero-order chi connectivity index (χ0) is 10.9. The molecule has 84 valence electrons. The van der Waals surface area contributed by atoms with Gasteiger partial charge in [-0.1, -0.05) is 0 Å². The molecule has 3 nitrogen and oxygen atoms in total. The van der Waals surface area contributed by atoms with Crippen LogP contribution < -0.4 is 5.32 Å². The van der Waals surface area contributed by atoms with Gasteiger partial charge in [-0.2, -0.15) is 0 Å². The minimum absolute atomic E-state index is 0.157. The number of hydrogen-bond donors (Lipinski definition) is 1. The largest absolute Gasteiger partial charge is 0.379 e. The zero-order valence-corrected chi connectivity index (χ0v) is 10.4. The lowest BCUT2D eigenvalue weighted by Crippen LogP contribution is -2.42. The molecule has 1 unspecified atom stereocenters.